The molecule has 172 valence electrons. The summed E-state index contributed by atoms with van der Waals surface area (Å²) in [4.78, 5) is 25.1. The van der Waals surface area contributed by atoms with Crippen LogP contribution in [0.5, 0.6) is 5.75 Å². The third-order valence-electron chi connectivity index (χ3n) is 4.43. The summed E-state index contributed by atoms with van der Waals surface area (Å²) in [7, 11) is 0. The zero-order valence-corrected chi connectivity index (χ0v) is 21.8. The van der Waals surface area contributed by atoms with Crippen molar-refractivity contribution in [1.82, 2.24) is 0 Å². The zero-order valence-electron chi connectivity index (χ0n) is 17.9. The molecular weight excluding hydrogens is 586 g/mol. The number of halogens is 3. The van der Waals surface area contributed by atoms with E-state index < -0.39 is 5.91 Å². The van der Waals surface area contributed by atoms with Gasteiger partial charge in [-0.15, -0.1) is 0 Å². The van der Waals surface area contributed by atoms with Crippen LogP contribution in [0, 0.1) is 18.3 Å². The number of anilines is 2. The smallest absolute Gasteiger partial charge is 0.266 e. The minimum absolute atomic E-state index is 0.154. The first-order valence-electron chi connectivity index (χ1n) is 9.92. The summed E-state index contributed by atoms with van der Waals surface area (Å²) in [5.74, 6) is -0.649. The van der Waals surface area contributed by atoms with Gasteiger partial charge in [0.05, 0.1) is 4.47 Å². The van der Waals surface area contributed by atoms with Crippen LogP contribution in [0.15, 0.2) is 75.2 Å². The fourth-order valence-electron chi connectivity index (χ4n) is 2.97. The van der Waals surface area contributed by atoms with E-state index >= 15 is 0 Å². The van der Waals surface area contributed by atoms with Crippen LogP contribution in [-0.4, -0.2) is 18.4 Å². The molecule has 0 aromatic heterocycles. The van der Waals surface area contributed by atoms with Crippen molar-refractivity contribution in [1.29, 1.82) is 5.26 Å². The second-order valence-electron chi connectivity index (χ2n) is 7.15. The molecule has 0 radical (unpaired) electrons. The Morgan fingerprint density at radius 2 is 1.76 bits per heavy atom. The van der Waals surface area contributed by atoms with Gasteiger partial charge in [0.1, 0.15) is 17.4 Å². The van der Waals surface area contributed by atoms with E-state index in [0.29, 0.717) is 36.7 Å². The van der Waals surface area contributed by atoms with Crippen molar-refractivity contribution in [2.24, 2.45) is 0 Å². The molecule has 0 bridgehead atoms. The quantitative estimate of drug-likeness (QED) is 0.231. The molecule has 6 nitrogen and oxygen atoms in total. The van der Waals surface area contributed by atoms with Gasteiger partial charge >= 0.3 is 0 Å². The molecule has 0 aliphatic carbocycles. The largest absolute Gasteiger partial charge is 0.482 e. The van der Waals surface area contributed by atoms with Crippen molar-refractivity contribution in [3.63, 3.8) is 0 Å². The van der Waals surface area contributed by atoms with Crippen LogP contribution in [0.4, 0.5) is 11.4 Å². The lowest BCUT2D eigenvalue weighted by atomic mass is 10.1. The first kappa shape index (κ1) is 25.5. The van der Waals surface area contributed by atoms with E-state index in [4.69, 9.17) is 16.3 Å². The van der Waals surface area contributed by atoms with E-state index in [1.54, 1.807) is 42.5 Å². The molecule has 0 saturated heterocycles. The monoisotopic (exact) mass is 601 g/mol. The molecule has 0 unspecified atom stereocenters. The molecule has 2 amide bonds. The van der Waals surface area contributed by atoms with E-state index in [1.165, 1.54) is 6.08 Å². The van der Waals surface area contributed by atoms with Crippen molar-refractivity contribution in [3.8, 4) is 11.8 Å². The Hall–Kier alpha value is -3.12. The van der Waals surface area contributed by atoms with Gasteiger partial charge in [-0.05, 0) is 77.0 Å². The van der Waals surface area contributed by atoms with Crippen molar-refractivity contribution < 1.29 is 14.3 Å². The summed E-state index contributed by atoms with van der Waals surface area (Å²) in [6, 6.07) is 19.3. The molecule has 3 aromatic carbocycles. The SMILES string of the molecule is Cc1cccc(NC(=O)COc2c(Br)cc(Br)cc2/C=C(/C#N)C(=O)Nc2cccc(Cl)c2)c1. The number of hydrogen-bond acceptors (Lipinski definition) is 4. The van der Waals surface area contributed by atoms with Crippen LogP contribution in [0.25, 0.3) is 6.08 Å². The highest BCUT2D eigenvalue weighted by Gasteiger charge is 2.15. The second-order valence-corrected chi connectivity index (χ2v) is 9.35. The van der Waals surface area contributed by atoms with E-state index in [1.807, 2.05) is 31.2 Å². The van der Waals surface area contributed by atoms with Gasteiger partial charge in [0, 0.05) is 26.4 Å². The average molecular weight is 604 g/mol. The number of benzene rings is 3. The van der Waals surface area contributed by atoms with Gasteiger partial charge in [-0.1, -0.05) is 45.7 Å². The zero-order chi connectivity index (χ0) is 24.7. The minimum atomic E-state index is -0.607. The number of nitrogens with zero attached hydrogens (tertiary/aromatic N) is 1. The fraction of sp³-hybridized carbons (Fsp3) is 0.0800. The number of aryl methyl sites for hydroxylation is 1. The molecule has 2 N–H and O–H groups in total. The lowest BCUT2D eigenvalue weighted by Gasteiger charge is -2.13. The standard InChI is InChI=1S/C25H18Br2ClN3O3/c1-15-4-2-6-20(8-15)30-23(32)14-34-24-16(10-18(26)11-22(24)27)9-17(13-29)25(33)31-21-7-3-5-19(28)12-21/h2-12H,14H2,1H3,(H,30,32)(H,31,33)/b17-9-. The van der Waals surface area contributed by atoms with E-state index in [2.05, 4.69) is 42.5 Å². The minimum Gasteiger partial charge on any atom is -0.482 e. The second kappa shape index (κ2) is 11.8. The summed E-state index contributed by atoms with van der Waals surface area (Å²) in [5.41, 5.74) is 2.41. The number of nitriles is 1. The number of ether oxygens (including phenoxy) is 1. The molecule has 0 fully saturated rings. The molecule has 0 aliphatic rings. The van der Waals surface area contributed by atoms with Crippen molar-refractivity contribution in [2.45, 2.75) is 6.92 Å². The lowest BCUT2D eigenvalue weighted by Crippen LogP contribution is -2.20. The van der Waals surface area contributed by atoms with Crippen LogP contribution in [0.3, 0.4) is 0 Å². The molecule has 34 heavy (non-hydrogen) atoms. The predicted octanol–water partition coefficient (Wildman–Crippen LogP) is 6.74. The number of carbonyl (C=O) groups excluding carboxylic acids is 2. The van der Waals surface area contributed by atoms with Crippen LogP contribution < -0.4 is 15.4 Å². The molecule has 0 atom stereocenters. The van der Waals surface area contributed by atoms with Gasteiger partial charge in [0.2, 0.25) is 0 Å². The van der Waals surface area contributed by atoms with Gasteiger partial charge in [0.15, 0.2) is 6.61 Å². The number of nitrogens with one attached hydrogen (secondary N) is 2. The molecule has 0 aliphatic heterocycles. The molecule has 3 rings (SSSR count). The van der Waals surface area contributed by atoms with Crippen molar-refractivity contribution in [3.05, 3.63) is 91.3 Å². The normalized spacial score (nSPS) is 10.9. The van der Waals surface area contributed by atoms with Crippen LogP contribution in [0.1, 0.15) is 11.1 Å². The number of rotatable bonds is 7. The van der Waals surface area contributed by atoms with Gasteiger partial charge < -0.3 is 15.4 Å². The Morgan fingerprint density at radius 1 is 1.06 bits per heavy atom. The first-order valence-corrected chi connectivity index (χ1v) is 11.9. The maximum Gasteiger partial charge on any atom is 0.266 e. The van der Waals surface area contributed by atoms with E-state index in [-0.39, 0.29) is 18.1 Å². The molecular formula is C25H18Br2ClN3O3. The maximum absolute atomic E-state index is 12.7. The van der Waals surface area contributed by atoms with Gasteiger partial charge in [-0.25, -0.2) is 0 Å². The highest BCUT2D eigenvalue weighted by molar-refractivity contribution is 9.11. The summed E-state index contributed by atoms with van der Waals surface area (Å²) in [5, 5.41) is 15.5. The Labute approximate surface area is 218 Å². The summed E-state index contributed by atoms with van der Waals surface area (Å²) in [6.07, 6.45) is 1.39. The Balaban J connectivity index is 1.80. The number of amides is 2. The molecule has 0 saturated carbocycles. The Kier molecular flexibility index (Phi) is 8.88. The molecule has 9 heteroatoms. The third-order valence-corrected chi connectivity index (χ3v) is 5.72. The number of carbonyl (C=O) groups is 2. The van der Waals surface area contributed by atoms with Gasteiger partial charge in [0.25, 0.3) is 11.8 Å². The Morgan fingerprint density at radius 3 is 2.44 bits per heavy atom. The molecule has 0 spiro atoms. The molecule has 3 aromatic rings. The summed E-state index contributed by atoms with van der Waals surface area (Å²) in [6.45, 7) is 1.66. The fourth-order valence-corrected chi connectivity index (χ4v) is 4.53. The molecule has 0 heterocycles. The van der Waals surface area contributed by atoms with Crippen molar-refractivity contribution in [2.75, 3.05) is 17.2 Å². The average Bonchev–Trinajstić information content (AvgIpc) is 2.76. The van der Waals surface area contributed by atoms with Crippen LogP contribution in [-0.2, 0) is 9.59 Å². The van der Waals surface area contributed by atoms with Crippen molar-refractivity contribution >= 4 is 72.7 Å². The highest BCUT2D eigenvalue weighted by atomic mass is 79.9. The summed E-state index contributed by atoms with van der Waals surface area (Å²) >= 11 is 12.8. The maximum atomic E-state index is 12.7. The van der Waals surface area contributed by atoms with E-state index in [9.17, 15) is 14.9 Å². The lowest BCUT2D eigenvalue weighted by molar-refractivity contribution is -0.118. The van der Waals surface area contributed by atoms with Crippen LogP contribution in [0.2, 0.25) is 5.02 Å². The summed E-state index contributed by atoms with van der Waals surface area (Å²) < 4.78 is 7.00. The number of hydrogen-bond donors (Lipinski definition) is 2. The van der Waals surface area contributed by atoms with Gasteiger partial charge in [-0.3, -0.25) is 9.59 Å². The van der Waals surface area contributed by atoms with E-state index in [0.717, 1.165) is 5.56 Å². The van der Waals surface area contributed by atoms with Gasteiger partial charge in [-0.2, -0.15) is 5.26 Å². The Bertz CT molecular complexity index is 1320. The topological polar surface area (TPSA) is 91.2 Å². The highest BCUT2D eigenvalue weighted by Crippen LogP contribution is 2.34. The van der Waals surface area contributed by atoms with Crippen LogP contribution >= 0.6 is 43.5 Å². The first-order chi connectivity index (χ1) is 16.2. The predicted molar refractivity (Wildman–Crippen MR) is 141 cm³/mol. The third kappa shape index (κ3) is 7.19.